The molecule has 1 atom stereocenters. The number of aliphatic hydroxyl groups is 1. The van der Waals surface area contributed by atoms with Crippen LogP contribution in [0.3, 0.4) is 0 Å². The highest BCUT2D eigenvalue weighted by molar-refractivity contribution is 5.87. The Morgan fingerprint density at radius 3 is 2.46 bits per heavy atom. The molecule has 2 aromatic carbocycles. The largest absolute Gasteiger partial charge is 0.508 e. The van der Waals surface area contributed by atoms with Crippen molar-refractivity contribution in [1.82, 2.24) is 4.90 Å². The maximum absolute atomic E-state index is 10.8. The van der Waals surface area contributed by atoms with Gasteiger partial charge in [-0.25, -0.2) is 0 Å². The summed E-state index contributed by atoms with van der Waals surface area (Å²) < 4.78 is 10.7. The first kappa shape index (κ1) is 16.4. The van der Waals surface area contributed by atoms with Crippen LogP contribution in [0.25, 0.3) is 11.0 Å². The molecule has 0 saturated heterocycles. The Morgan fingerprint density at radius 2 is 1.83 bits per heavy atom. The number of phenols is 1. The van der Waals surface area contributed by atoms with Gasteiger partial charge in [0.2, 0.25) is 0 Å². The van der Waals surface area contributed by atoms with E-state index in [2.05, 4.69) is 0 Å². The van der Waals surface area contributed by atoms with Crippen LogP contribution in [-0.4, -0.2) is 36.3 Å². The summed E-state index contributed by atoms with van der Waals surface area (Å²) in [6, 6.07) is 10.6. The lowest BCUT2D eigenvalue weighted by atomic mass is 9.97. The van der Waals surface area contributed by atoms with Crippen molar-refractivity contribution in [2.24, 2.45) is 0 Å². The summed E-state index contributed by atoms with van der Waals surface area (Å²) in [6.07, 6.45) is 0.706. The van der Waals surface area contributed by atoms with Crippen molar-refractivity contribution in [3.63, 3.8) is 0 Å². The van der Waals surface area contributed by atoms with Gasteiger partial charge in [-0.15, -0.1) is 0 Å². The molecular formula is C19H21NO4. The lowest BCUT2D eigenvalue weighted by molar-refractivity contribution is 0.220. The Balaban J connectivity index is 2.09. The molecule has 0 aliphatic carbocycles. The summed E-state index contributed by atoms with van der Waals surface area (Å²) in [7, 11) is 5.46. The fourth-order valence-electron chi connectivity index (χ4n) is 2.86. The van der Waals surface area contributed by atoms with Gasteiger partial charge in [-0.1, -0.05) is 12.1 Å². The van der Waals surface area contributed by atoms with E-state index in [4.69, 9.17) is 9.15 Å². The Hall–Kier alpha value is -2.50. The maximum atomic E-state index is 10.8. The van der Waals surface area contributed by atoms with E-state index in [1.165, 1.54) is 0 Å². The summed E-state index contributed by atoms with van der Waals surface area (Å²) in [5.41, 5.74) is 2.77. The van der Waals surface area contributed by atoms with Crippen LogP contribution in [0.15, 0.2) is 47.1 Å². The van der Waals surface area contributed by atoms with E-state index in [1.807, 2.05) is 31.1 Å². The summed E-state index contributed by atoms with van der Waals surface area (Å²) in [5, 5.41) is 21.8. The zero-order valence-corrected chi connectivity index (χ0v) is 14.0. The Morgan fingerprint density at radius 1 is 1.12 bits per heavy atom. The third-order valence-corrected chi connectivity index (χ3v) is 4.05. The average Bonchev–Trinajstić information content (AvgIpc) is 3.01. The van der Waals surface area contributed by atoms with E-state index in [1.54, 1.807) is 37.6 Å². The number of rotatable bonds is 5. The zero-order chi connectivity index (χ0) is 17.3. The monoisotopic (exact) mass is 327 g/mol. The van der Waals surface area contributed by atoms with Gasteiger partial charge in [0.1, 0.15) is 23.2 Å². The van der Waals surface area contributed by atoms with Crippen LogP contribution in [-0.2, 0) is 6.54 Å². The number of furan rings is 1. The minimum absolute atomic E-state index is 0.195. The van der Waals surface area contributed by atoms with Gasteiger partial charge in [-0.2, -0.15) is 0 Å². The molecule has 0 bridgehead atoms. The molecule has 3 rings (SSSR count). The van der Waals surface area contributed by atoms with Crippen LogP contribution in [0.2, 0.25) is 0 Å². The second kappa shape index (κ2) is 6.55. The first-order valence-electron chi connectivity index (χ1n) is 7.70. The number of hydrogen-bond donors (Lipinski definition) is 2. The Labute approximate surface area is 140 Å². The molecule has 0 fully saturated rings. The molecule has 3 aromatic rings. The van der Waals surface area contributed by atoms with Crippen molar-refractivity contribution in [1.29, 1.82) is 0 Å². The third-order valence-electron chi connectivity index (χ3n) is 4.05. The standard InChI is InChI=1S/C19H21NO4/c1-20(2)10-14-16(21)8-9-17-18(14)15(11-24-17)19(22)12-4-6-13(23-3)7-5-12/h4-9,11,19,21-22H,10H2,1-3H3/t19-/m0/s1. The fourth-order valence-corrected chi connectivity index (χ4v) is 2.86. The lowest BCUT2D eigenvalue weighted by Gasteiger charge is -2.15. The molecular weight excluding hydrogens is 306 g/mol. The zero-order valence-electron chi connectivity index (χ0n) is 14.0. The Kier molecular flexibility index (Phi) is 4.46. The quantitative estimate of drug-likeness (QED) is 0.753. The molecule has 5 heteroatoms. The topological polar surface area (TPSA) is 66.1 Å². The van der Waals surface area contributed by atoms with E-state index in [0.29, 0.717) is 17.7 Å². The van der Waals surface area contributed by atoms with Crippen LogP contribution in [0.1, 0.15) is 22.8 Å². The number of aromatic hydroxyl groups is 1. The molecule has 0 saturated carbocycles. The number of nitrogens with zero attached hydrogens (tertiary/aromatic N) is 1. The van der Waals surface area contributed by atoms with Crippen molar-refractivity contribution in [2.45, 2.75) is 12.6 Å². The minimum atomic E-state index is -0.847. The van der Waals surface area contributed by atoms with Crippen LogP contribution in [0.4, 0.5) is 0 Å². The van der Waals surface area contributed by atoms with Gasteiger partial charge >= 0.3 is 0 Å². The van der Waals surface area contributed by atoms with Crippen LogP contribution in [0, 0.1) is 0 Å². The first-order valence-corrected chi connectivity index (χ1v) is 7.70. The lowest BCUT2D eigenvalue weighted by Crippen LogP contribution is -2.11. The molecule has 126 valence electrons. The average molecular weight is 327 g/mol. The van der Waals surface area contributed by atoms with Gasteiger partial charge in [-0.3, -0.25) is 0 Å². The summed E-state index contributed by atoms with van der Waals surface area (Å²) in [5.74, 6) is 0.926. The molecule has 0 amide bonds. The molecule has 24 heavy (non-hydrogen) atoms. The molecule has 0 spiro atoms. The van der Waals surface area contributed by atoms with Crippen molar-refractivity contribution < 1.29 is 19.4 Å². The highest BCUT2D eigenvalue weighted by atomic mass is 16.5. The van der Waals surface area contributed by atoms with Gasteiger partial charge in [0.25, 0.3) is 0 Å². The first-order chi connectivity index (χ1) is 11.5. The number of benzene rings is 2. The second-order valence-corrected chi connectivity index (χ2v) is 6.04. The predicted molar refractivity (Wildman–Crippen MR) is 92.3 cm³/mol. The molecule has 0 aliphatic heterocycles. The number of aliphatic hydroxyl groups excluding tert-OH is 1. The van der Waals surface area contributed by atoms with E-state index in [0.717, 1.165) is 22.3 Å². The maximum Gasteiger partial charge on any atom is 0.134 e. The normalized spacial score (nSPS) is 12.7. The van der Waals surface area contributed by atoms with Gasteiger partial charge in [0.15, 0.2) is 0 Å². The van der Waals surface area contributed by atoms with Gasteiger partial charge in [-0.05, 0) is 43.9 Å². The third kappa shape index (κ3) is 2.96. The van der Waals surface area contributed by atoms with Gasteiger partial charge < -0.3 is 24.3 Å². The highest BCUT2D eigenvalue weighted by Gasteiger charge is 2.21. The smallest absolute Gasteiger partial charge is 0.134 e. The predicted octanol–water partition coefficient (Wildman–Crippen LogP) is 3.29. The van der Waals surface area contributed by atoms with E-state index < -0.39 is 6.10 Å². The van der Waals surface area contributed by atoms with Crippen molar-refractivity contribution in [2.75, 3.05) is 21.2 Å². The summed E-state index contributed by atoms with van der Waals surface area (Å²) >= 11 is 0. The van der Waals surface area contributed by atoms with Crippen LogP contribution in [0.5, 0.6) is 11.5 Å². The fraction of sp³-hybridized carbons (Fsp3) is 0.263. The Bertz CT molecular complexity index is 836. The molecule has 1 heterocycles. The number of ether oxygens (including phenoxy) is 1. The summed E-state index contributed by atoms with van der Waals surface area (Å²) in [4.78, 5) is 1.96. The molecule has 0 radical (unpaired) electrons. The van der Waals surface area contributed by atoms with Gasteiger partial charge in [0, 0.05) is 23.1 Å². The number of hydrogen-bond acceptors (Lipinski definition) is 5. The van der Waals surface area contributed by atoms with Gasteiger partial charge in [0.05, 0.1) is 13.4 Å². The van der Waals surface area contributed by atoms with E-state index in [9.17, 15) is 10.2 Å². The molecule has 0 aliphatic rings. The van der Waals surface area contributed by atoms with E-state index in [-0.39, 0.29) is 5.75 Å². The second-order valence-electron chi connectivity index (χ2n) is 6.04. The number of methoxy groups -OCH3 is 1. The van der Waals surface area contributed by atoms with Crippen molar-refractivity contribution in [3.8, 4) is 11.5 Å². The van der Waals surface area contributed by atoms with Crippen LogP contribution >= 0.6 is 0 Å². The molecule has 5 nitrogen and oxygen atoms in total. The summed E-state index contributed by atoms with van der Waals surface area (Å²) in [6.45, 7) is 0.547. The van der Waals surface area contributed by atoms with Crippen LogP contribution < -0.4 is 4.74 Å². The van der Waals surface area contributed by atoms with E-state index >= 15 is 0 Å². The molecule has 2 N–H and O–H groups in total. The minimum Gasteiger partial charge on any atom is -0.508 e. The molecule has 0 unspecified atom stereocenters. The van der Waals surface area contributed by atoms with Crippen molar-refractivity contribution in [3.05, 3.63) is 59.4 Å². The SMILES string of the molecule is COc1ccc([C@H](O)c2coc3ccc(O)c(CN(C)C)c23)cc1. The highest BCUT2D eigenvalue weighted by Crippen LogP contribution is 2.37. The van der Waals surface area contributed by atoms with Crippen molar-refractivity contribution >= 4 is 11.0 Å². The number of phenolic OH excluding ortho intramolecular Hbond substituents is 1. The molecule has 1 aromatic heterocycles. The number of fused-ring (bicyclic) bond motifs is 1.